The third-order valence-corrected chi connectivity index (χ3v) is 6.54. The van der Waals surface area contributed by atoms with Gasteiger partial charge in [-0.2, -0.15) is 4.72 Å². The van der Waals surface area contributed by atoms with Crippen LogP contribution in [0, 0.1) is 6.92 Å². The monoisotopic (exact) mass is 333 g/mol. The predicted octanol–water partition coefficient (Wildman–Crippen LogP) is -0.0594. The molecule has 1 saturated heterocycles. The van der Waals surface area contributed by atoms with Crippen molar-refractivity contribution in [2.24, 2.45) is 10.9 Å². The molecule has 0 aromatic carbocycles. The predicted molar refractivity (Wildman–Crippen MR) is 80.0 cm³/mol. The van der Waals surface area contributed by atoms with Crippen molar-refractivity contribution in [1.29, 1.82) is 0 Å². The standard InChI is InChI=1S/C11H19N5O3S2/c1-8-13-7-9(20-8)21(18,19)15-11(10(12)14-17)3-5-16(2)6-4-11/h7,15,17H,3-6H2,1-2H3,(H2,12,14). The Morgan fingerprint density at radius 2 is 2.19 bits per heavy atom. The van der Waals surface area contributed by atoms with Crippen molar-refractivity contribution in [2.75, 3.05) is 20.1 Å². The number of hydrogen-bond donors (Lipinski definition) is 3. The molecule has 0 radical (unpaired) electrons. The maximum atomic E-state index is 12.5. The molecule has 0 unspecified atom stereocenters. The van der Waals surface area contributed by atoms with Gasteiger partial charge in [-0.25, -0.2) is 13.4 Å². The van der Waals surface area contributed by atoms with E-state index in [0.717, 1.165) is 11.3 Å². The maximum Gasteiger partial charge on any atom is 0.252 e. The van der Waals surface area contributed by atoms with Crippen LogP contribution < -0.4 is 10.5 Å². The Balaban J connectivity index is 2.31. The number of nitrogens with two attached hydrogens (primary N) is 1. The van der Waals surface area contributed by atoms with E-state index >= 15 is 0 Å². The van der Waals surface area contributed by atoms with Crippen molar-refractivity contribution < 1.29 is 13.6 Å². The van der Waals surface area contributed by atoms with Gasteiger partial charge in [0, 0.05) is 13.1 Å². The van der Waals surface area contributed by atoms with E-state index in [9.17, 15) is 8.42 Å². The summed E-state index contributed by atoms with van der Waals surface area (Å²) >= 11 is 1.09. The van der Waals surface area contributed by atoms with E-state index in [4.69, 9.17) is 10.9 Å². The highest BCUT2D eigenvalue weighted by Gasteiger charge is 2.42. The number of aromatic nitrogens is 1. The fourth-order valence-corrected chi connectivity index (χ4v) is 4.82. The normalized spacial score (nSPS) is 20.6. The lowest BCUT2D eigenvalue weighted by atomic mass is 9.88. The lowest BCUT2D eigenvalue weighted by Gasteiger charge is -2.39. The summed E-state index contributed by atoms with van der Waals surface area (Å²) in [4.78, 5) is 6.02. The molecule has 10 heteroatoms. The van der Waals surface area contributed by atoms with Crippen molar-refractivity contribution in [3.05, 3.63) is 11.2 Å². The van der Waals surface area contributed by atoms with Crippen molar-refractivity contribution in [3.8, 4) is 0 Å². The molecule has 0 amide bonds. The molecular weight excluding hydrogens is 314 g/mol. The van der Waals surface area contributed by atoms with Crippen LogP contribution in [0.25, 0.3) is 0 Å². The molecule has 1 aromatic rings. The van der Waals surface area contributed by atoms with Crippen LogP contribution in [0.4, 0.5) is 0 Å². The highest BCUT2D eigenvalue weighted by molar-refractivity contribution is 7.91. The molecule has 0 aliphatic carbocycles. The summed E-state index contributed by atoms with van der Waals surface area (Å²) in [5.41, 5.74) is 4.70. The van der Waals surface area contributed by atoms with Crippen molar-refractivity contribution in [3.63, 3.8) is 0 Å². The average molecular weight is 333 g/mol. The number of nitrogens with zero attached hydrogens (tertiary/aromatic N) is 3. The SMILES string of the molecule is Cc1ncc(S(=O)(=O)NC2(C(N)=NO)CCN(C)CC2)s1. The number of piperidine rings is 1. The van der Waals surface area contributed by atoms with Gasteiger partial charge in [0.1, 0.15) is 0 Å². The van der Waals surface area contributed by atoms with Crippen LogP contribution in [0.3, 0.4) is 0 Å². The zero-order valence-electron chi connectivity index (χ0n) is 11.9. The number of thiazole rings is 1. The maximum absolute atomic E-state index is 12.5. The summed E-state index contributed by atoms with van der Waals surface area (Å²) in [5, 5.41) is 12.7. The van der Waals surface area contributed by atoms with E-state index in [2.05, 4.69) is 19.8 Å². The van der Waals surface area contributed by atoms with Crippen molar-refractivity contribution in [1.82, 2.24) is 14.6 Å². The lowest BCUT2D eigenvalue weighted by molar-refractivity contribution is 0.213. The zero-order chi connectivity index (χ0) is 15.7. The Morgan fingerprint density at radius 1 is 1.57 bits per heavy atom. The third kappa shape index (κ3) is 3.34. The Labute approximate surface area is 127 Å². The second-order valence-electron chi connectivity index (χ2n) is 5.17. The topological polar surface area (TPSA) is 121 Å². The molecule has 1 aromatic heterocycles. The van der Waals surface area contributed by atoms with Gasteiger partial charge in [-0.05, 0) is 26.8 Å². The van der Waals surface area contributed by atoms with Crippen LogP contribution in [0.2, 0.25) is 0 Å². The Kier molecular flexibility index (Phi) is 4.51. The molecule has 1 fully saturated rings. The van der Waals surface area contributed by atoms with Gasteiger partial charge >= 0.3 is 0 Å². The van der Waals surface area contributed by atoms with Gasteiger partial charge in [0.25, 0.3) is 10.0 Å². The molecule has 1 aliphatic rings. The molecule has 118 valence electrons. The summed E-state index contributed by atoms with van der Waals surface area (Å²) in [6, 6.07) is 0. The summed E-state index contributed by atoms with van der Waals surface area (Å²) in [5.74, 6) is -0.111. The Morgan fingerprint density at radius 3 is 2.67 bits per heavy atom. The van der Waals surface area contributed by atoms with Gasteiger partial charge < -0.3 is 15.8 Å². The molecular formula is C11H19N5O3S2. The van der Waals surface area contributed by atoms with E-state index in [1.165, 1.54) is 6.20 Å². The number of hydrogen-bond acceptors (Lipinski definition) is 7. The first-order chi connectivity index (χ1) is 9.79. The van der Waals surface area contributed by atoms with Gasteiger partial charge in [-0.3, -0.25) is 0 Å². The van der Waals surface area contributed by atoms with E-state index in [1.807, 2.05) is 7.05 Å². The molecule has 8 nitrogen and oxygen atoms in total. The smallest absolute Gasteiger partial charge is 0.252 e. The molecule has 1 aliphatic heterocycles. The van der Waals surface area contributed by atoms with Crippen LogP contribution in [0.15, 0.2) is 15.6 Å². The lowest BCUT2D eigenvalue weighted by Crippen LogP contribution is -2.61. The number of rotatable bonds is 4. The molecule has 0 spiro atoms. The number of oxime groups is 1. The second-order valence-corrected chi connectivity index (χ2v) is 8.32. The quantitative estimate of drug-likeness (QED) is 0.307. The van der Waals surface area contributed by atoms with Crippen LogP contribution >= 0.6 is 11.3 Å². The zero-order valence-corrected chi connectivity index (χ0v) is 13.5. The summed E-state index contributed by atoms with van der Waals surface area (Å²) < 4.78 is 27.7. The molecule has 2 rings (SSSR count). The number of likely N-dealkylation sites (tertiary alicyclic amines) is 1. The largest absolute Gasteiger partial charge is 0.409 e. The summed E-state index contributed by atoms with van der Waals surface area (Å²) in [7, 11) is -1.81. The highest BCUT2D eigenvalue weighted by atomic mass is 32.2. The number of nitrogens with one attached hydrogen (secondary N) is 1. The van der Waals surface area contributed by atoms with Gasteiger partial charge in [0.2, 0.25) is 0 Å². The first-order valence-corrected chi connectivity index (χ1v) is 8.72. The first-order valence-electron chi connectivity index (χ1n) is 6.42. The Bertz CT molecular complexity index is 632. The second kappa shape index (κ2) is 5.87. The molecule has 0 atom stereocenters. The van der Waals surface area contributed by atoms with Gasteiger partial charge in [0.05, 0.1) is 16.7 Å². The fourth-order valence-electron chi connectivity index (χ4n) is 2.28. The highest BCUT2D eigenvalue weighted by Crippen LogP contribution is 2.26. The van der Waals surface area contributed by atoms with Crippen molar-refractivity contribution >= 4 is 27.2 Å². The van der Waals surface area contributed by atoms with E-state index in [-0.39, 0.29) is 10.0 Å². The minimum absolute atomic E-state index is 0.111. The minimum Gasteiger partial charge on any atom is -0.409 e. The first kappa shape index (κ1) is 16.1. The number of amidine groups is 1. The van der Waals surface area contributed by atoms with Gasteiger partial charge in [0.15, 0.2) is 10.0 Å². The van der Waals surface area contributed by atoms with Crippen LogP contribution in [-0.2, 0) is 10.0 Å². The average Bonchev–Trinajstić information content (AvgIpc) is 2.88. The minimum atomic E-state index is -3.75. The molecule has 2 heterocycles. The Hall–Kier alpha value is -1.23. The molecule has 4 N–H and O–H groups in total. The third-order valence-electron chi connectivity index (χ3n) is 3.63. The van der Waals surface area contributed by atoms with Gasteiger partial charge in [-0.15, -0.1) is 11.3 Å². The molecule has 21 heavy (non-hydrogen) atoms. The van der Waals surface area contributed by atoms with Crippen LogP contribution in [0.1, 0.15) is 17.8 Å². The van der Waals surface area contributed by atoms with Gasteiger partial charge in [-0.1, -0.05) is 5.16 Å². The van der Waals surface area contributed by atoms with E-state index in [1.54, 1.807) is 6.92 Å². The molecule has 0 saturated carbocycles. The summed E-state index contributed by atoms with van der Waals surface area (Å²) in [6.45, 7) is 3.04. The van der Waals surface area contributed by atoms with E-state index in [0.29, 0.717) is 30.9 Å². The fraction of sp³-hybridized carbons (Fsp3) is 0.636. The van der Waals surface area contributed by atoms with E-state index < -0.39 is 15.6 Å². The summed E-state index contributed by atoms with van der Waals surface area (Å²) in [6.07, 6.45) is 2.20. The number of sulfonamides is 1. The van der Waals surface area contributed by atoms with Crippen LogP contribution in [-0.4, -0.2) is 55.0 Å². The van der Waals surface area contributed by atoms with Crippen LogP contribution in [0.5, 0.6) is 0 Å². The molecule has 0 bridgehead atoms. The van der Waals surface area contributed by atoms with Crippen molar-refractivity contribution in [2.45, 2.75) is 29.5 Å². The number of aryl methyl sites for hydroxylation is 1.